The zero-order chi connectivity index (χ0) is 13.7. The molecule has 102 valence electrons. The molecule has 2 aliphatic heterocycles. The molecule has 1 aromatic carbocycles. The van der Waals surface area contributed by atoms with E-state index in [9.17, 15) is 9.59 Å². The van der Waals surface area contributed by atoms with Crippen LogP contribution in [0.1, 0.15) is 12.0 Å². The molecule has 0 atom stereocenters. The van der Waals surface area contributed by atoms with Gasteiger partial charge in [0, 0.05) is 19.6 Å². The molecule has 0 aliphatic carbocycles. The average molecular weight is 269 g/mol. The maximum atomic E-state index is 12.7. The first-order valence-corrected chi connectivity index (χ1v) is 6.96. The first-order chi connectivity index (χ1) is 9.77. The van der Waals surface area contributed by atoms with Crippen molar-refractivity contribution in [2.24, 2.45) is 0 Å². The molecule has 20 heavy (non-hydrogen) atoms. The quantitative estimate of drug-likeness (QED) is 0.768. The van der Waals surface area contributed by atoms with Gasteiger partial charge in [-0.2, -0.15) is 0 Å². The molecule has 5 nitrogen and oxygen atoms in total. The van der Waals surface area contributed by atoms with Gasteiger partial charge in [0.1, 0.15) is 5.82 Å². The van der Waals surface area contributed by atoms with Gasteiger partial charge in [0.25, 0.3) is 5.56 Å². The van der Waals surface area contributed by atoms with Crippen LogP contribution in [0.3, 0.4) is 0 Å². The number of aromatic nitrogens is 2. The summed E-state index contributed by atoms with van der Waals surface area (Å²) in [6, 6.07) is 9.18. The molecule has 1 aromatic heterocycles. The molecule has 0 unspecified atom stereocenters. The van der Waals surface area contributed by atoms with Crippen molar-refractivity contribution in [1.82, 2.24) is 9.13 Å². The largest absolute Gasteiger partial charge is 0.356 e. The van der Waals surface area contributed by atoms with Gasteiger partial charge in [-0.25, -0.2) is 9.36 Å². The Hall–Kier alpha value is -2.30. The lowest BCUT2D eigenvalue weighted by Crippen LogP contribution is -2.42. The van der Waals surface area contributed by atoms with Crippen LogP contribution in [0.2, 0.25) is 0 Å². The van der Waals surface area contributed by atoms with E-state index in [1.165, 1.54) is 4.57 Å². The molecule has 5 heteroatoms. The Morgan fingerprint density at radius 3 is 2.55 bits per heavy atom. The summed E-state index contributed by atoms with van der Waals surface area (Å²) in [4.78, 5) is 27.5. The average Bonchev–Trinajstić information content (AvgIpc) is 2.91. The van der Waals surface area contributed by atoms with E-state index in [4.69, 9.17) is 0 Å². The second-order valence-corrected chi connectivity index (χ2v) is 5.30. The van der Waals surface area contributed by atoms with Crippen LogP contribution < -0.4 is 16.1 Å². The van der Waals surface area contributed by atoms with E-state index in [1.54, 1.807) is 16.7 Å². The maximum Gasteiger partial charge on any atom is 0.337 e. The lowest BCUT2D eigenvalue weighted by molar-refractivity contribution is 0.681. The fourth-order valence-electron chi connectivity index (χ4n) is 3.27. The summed E-state index contributed by atoms with van der Waals surface area (Å²) >= 11 is 0. The van der Waals surface area contributed by atoms with E-state index in [2.05, 4.69) is 4.90 Å². The Balaban J connectivity index is 2.08. The van der Waals surface area contributed by atoms with Gasteiger partial charge in [0.2, 0.25) is 0 Å². The molecule has 0 spiro atoms. The highest BCUT2D eigenvalue weighted by Gasteiger charge is 2.30. The Kier molecular flexibility index (Phi) is 2.36. The van der Waals surface area contributed by atoms with E-state index in [1.807, 2.05) is 18.2 Å². The molecule has 0 amide bonds. The fraction of sp³-hybridized carbons (Fsp3) is 0.333. The van der Waals surface area contributed by atoms with Crippen molar-refractivity contribution in [3.8, 4) is 5.69 Å². The first-order valence-electron chi connectivity index (χ1n) is 6.96. The van der Waals surface area contributed by atoms with Gasteiger partial charge < -0.3 is 4.90 Å². The van der Waals surface area contributed by atoms with Crippen LogP contribution in [0.15, 0.2) is 39.9 Å². The third-order valence-electron chi connectivity index (χ3n) is 4.17. The minimum Gasteiger partial charge on any atom is -0.356 e. The summed E-state index contributed by atoms with van der Waals surface area (Å²) in [6.45, 7) is 2.45. The van der Waals surface area contributed by atoms with Gasteiger partial charge >= 0.3 is 5.69 Å². The first kappa shape index (κ1) is 11.5. The van der Waals surface area contributed by atoms with Gasteiger partial charge in [-0.1, -0.05) is 18.2 Å². The summed E-state index contributed by atoms with van der Waals surface area (Å²) < 4.78 is 3.07. The number of para-hydroxylation sites is 1. The van der Waals surface area contributed by atoms with Gasteiger partial charge in [-0.15, -0.1) is 0 Å². The Bertz CT molecular complexity index is 789. The predicted molar refractivity (Wildman–Crippen MR) is 76.8 cm³/mol. The summed E-state index contributed by atoms with van der Waals surface area (Å²) in [5, 5.41) is 0. The molecule has 0 saturated heterocycles. The van der Waals surface area contributed by atoms with Crippen molar-refractivity contribution in [1.29, 1.82) is 0 Å². The Morgan fingerprint density at radius 2 is 1.75 bits per heavy atom. The number of rotatable bonds is 1. The second-order valence-electron chi connectivity index (χ2n) is 5.30. The molecular formula is C15H15N3O2. The van der Waals surface area contributed by atoms with Crippen LogP contribution >= 0.6 is 0 Å². The van der Waals surface area contributed by atoms with Crippen molar-refractivity contribution >= 4 is 5.82 Å². The minimum atomic E-state index is -0.218. The molecule has 0 N–H and O–H groups in total. The van der Waals surface area contributed by atoms with Gasteiger partial charge in [0.15, 0.2) is 0 Å². The number of hydrogen-bond donors (Lipinski definition) is 0. The number of nitrogens with zero attached hydrogens (tertiary/aromatic N) is 3. The Morgan fingerprint density at radius 1 is 0.950 bits per heavy atom. The molecule has 3 heterocycles. The number of anilines is 1. The molecule has 4 rings (SSSR count). The molecular weight excluding hydrogens is 254 g/mol. The van der Waals surface area contributed by atoms with Gasteiger partial charge in [0.05, 0.1) is 11.3 Å². The summed E-state index contributed by atoms with van der Waals surface area (Å²) in [7, 11) is 0. The second kappa shape index (κ2) is 4.10. The standard InChI is InChI=1S/C15H15N3O2/c19-14-12-7-4-8-16-9-10-17(13(12)16)15(20)18(14)11-5-2-1-3-6-11/h1-3,5-6H,4,7-10H2. The molecule has 0 fully saturated rings. The van der Waals surface area contributed by atoms with E-state index >= 15 is 0 Å². The van der Waals surface area contributed by atoms with Gasteiger partial charge in [-0.05, 0) is 25.0 Å². The molecule has 2 aromatic rings. The van der Waals surface area contributed by atoms with Crippen LogP contribution in [0.4, 0.5) is 5.82 Å². The lowest BCUT2D eigenvalue weighted by atomic mass is 10.1. The SMILES string of the molecule is O=c1c2c3n(c(=O)n1-c1ccccc1)CCN3CCC2. The molecule has 0 radical (unpaired) electrons. The predicted octanol–water partition coefficient (Wildman–Crippen LogP) is 0.765. The Labute approximate surface area is 115 Å². The van der Waals surface area contributed by atoms with Crippen LogP contribution in [0, 0.1) is 0 Å². The third kappa shape index (κ3) is 1.43. The van der Waals surface area contributed by atoms with Gasteiger partial charge in [-0.3, -0.25) is 9.36 Å². The smallest absolute Gasteiger partial charge is 0.337 e. The lowest BCUT2D eigenvalue weighted by Gasteiger charge is -2.26. The van der Waals surface area contributed by atoms with Crippen LogP contribution in [0.5, 0.6) is 0 Å². The monoisotopic (exact) mass is 269 g/mol. The zero-order valence-electron chi connectivity index (χ0n) is 11.1. The number of benzene rings is 1. The topological polar surface area (TPSA) is 47.2 Å². The van der Waals surface area contributed by atoms with Crippen LogP contribution in [-0.2, 0) is 13.0 Å². The van der Waals surface area contributed by atoms with Crippen LogP contribution in [-0.4, -0.2) is 22.2 Å². The highest BCUT2D eigenvalue weighted by molar-refractivity contribution is 5.52. The van der Waals surface area contributed by atoms with E-state index in [0.29, 0.717) is 12.2 Å². The molecule has 0 bridgehead atoms. The third-order valence-corrected chi connectivity index (χ3v) is 4.17. The van der Waals surface area contributed by atoms with Crippen molar-refractivity contribution in [2.45, 2.75) is 19.4 Å². The normalized spacial score (nSPS) is 16.3. The van der Waals surface area contributed by atoms with Crippen molar-refractivity contribution in [3.05, 3.63) is 56.7 Å². The van der Waals surface area contributed by atoms with Crippen molar-refractivity contribution < 1.29 is 0 Å². The summed E-state index contributed by atoms with van der Waals surface area (Å²) in [5.74, 6) is 0.860. The van der Waals surface area contributed by atoms with Crippen LogP contribution in [0.25, 0.3) is 5.69 Å². The molecule has 0 saturated carbocycles. The molecule has 2 aliphatic rings. The summed E-state index contributed by atoms with van der Waals surface area (Å²) in [6.07, 6.45) is 1.74. The van der Waals surface area contributed by atoms with Crippen molar-refractivity contribution in [3.63, 3.8) is 0 Å². The number of hydrogen-bond acceptors (Lipinski definition) is 3. The minimum absolute atomic E-state index is 0.154. The zero-order valence-corrected chi connectivity index (χ0v) is 11.1. The fourth-order valence-corrected chi connectivity index (χ4v) is 3.27. The van der Waals surface area contributed by atoms with E-state index in [-0.39, 0.29) is 11.2 Å². The van der Waals surface area contributed by atoms with Crippen molar-refractivity contribution in [2.75, 3.05) is 18.0 Å². The maximum absolute atomic E-state index is 12.7. The van der Waals surface area contributed by atoms with E-state index < -0.39 is 0 Å². The van der Waals surface area contributed by atoms with E-state index in [0.717, 1.165) is 37.3 Å². The highest BCUT2D eigenvalue weighted by atomic mass is 16.2. The highest BCUT2D eigenvalue weighted by Crippen LogP contribution is 2.27. The summed E-state index contributed by atoms with van der Waals surface area (Å²) in [5.41, 5.74) is 1.07.